The maximum atomic E-state index is 11.0. The minimum absolute atomic E-state index is 0.0166. The summed E-state index contributed by atoms with van der Waals surface area (Å²) in [5.74, 6) is 0. The van der Waals surface area contributed by atoms with Gasteiger partial charge in [-0.25, -0.2) is 0 Å². The fourth-order valence-corrected chi connectivity index (χ4v) is 1.75. The molecule has 0 aliphatic rings. The predicted molar refractivity (Wildman–Crippen MR) is 69.3 cm³/mol. The van der Waals surface area contributed by atoms with Crippen LogP contribution in [-0.4, -0.2) is 34.6 Å². The van der Waals surface area contributed by atoms with Crippen LogP contribution in [0.3, 0.4) is 0 Å². The number of hydrogen-bond donors (Lipinski definition) is 1. The number of aliphatic hydroxyl groups excluding tert-OH is 1. The van der Waals surface area contributed by atoms with Gasteiger partial charge in [0.2, 0.25) is 0 Å². The van der Waals surface area contributed by atoms with E-state index in [1.165, 1.54) is 12.1 Å². The molecule has 0 unspecified atom stereocenters. The van der Waals surface area contributed by atoms with Crippen LogP contribution in [0.2, 0.25) is 0 Å². The molecule has 0 heterocycles. The molecule has 8 heteroatoms. The second kappa shape index (κ2) is 6.64. The number of rotatable bonds is 7. The molecule has 0 bridgehead atoms. The van der Waals surface area contributed by atoms with E-state index < -0.39 is 9.85 Å². The van der Waals surface area contributed by atoms with Crippen molar-refractivity contribution in [3.8, 4) is 0 Å². The molecule has 0 saturated carbocycles. The Morgan fingerprint density at radius 3 is 2.42 bits per heavy atom. The van der Waals surface area contributed by atoms with Crippen LogP contribution in [0.25, 0.3) is 0 Å². The number of hydrogen-bond acceptors (Lipinski definition) is 6. The summed E-state index contributed by atoms with van der Waals surface area (Å²) in [6.07, 6.45) is 0.474. The first-order valence-electron chi connectivity index (χ1n) is 5.79. The molecule has 0 aliphatic carbocycles. The van der Waals surface area contributed by atoms with Crippen molar-refractivity contribution in [1.82, 2.24) is 0 Å². The lowest BCUT2D eigenvalue weighted by molar-refractivity contribution is -0.393. The SMILES string of the molecule is CCN(CCCO)c1ccc([N+](=O)[O-])cc1[N+](=O)[O-]. The average molecular weight is 269 g/mol. The molecule has 0 atom stereocenters. The van der Waals surface area contributed by atoms with Gasteiger partial charge in [0, 0.05) is 25.8 Å². The van der Waals surface area contributed by atoms with E-state index in [0.29, 0.717) is 25.2 Å². The Labute approximate surface area is 109 Å². The first-order valence-corrected chi connectivity index (χ1v) is 5.79. The number of nitrogens with zero attached hydrogens (tertiary/aromatic N) is 3. The molecule has 0 saturated heterocycles. The summed E-state index contributed by atoms with van der Waals surface area (Å²) < 4.78 is 0. The van der Waals surface area contributed by atoms with Crippen molar-refractivity contribution in [3.05, 3.63) is 38.4 Å². The molecular weight excluding hydrogens is 254 g/mol. The zero-order valence-corrected chi connectivity index (χ0v) is 10.5. The summed E-state index contributed by atoms with van der Waals surface area (Å²) >= 11 is 0. The monoisotopic (exact) mass is 269 g/mol. The Morgan fingerprint density at radius 2 is 1.95 bits per heavy atom. The number of nitro benzene ring substituents is 2. The van der Waals surface area contributed by atoms with E-state index in [4.69, 9.17) is 5.11 Å². The molecule has 0 fully saturated rings. The standard InChI is InChI=1S/C11H15N3O5/c1-2-12(6-3-7-15)10-5-4-9(13(16)17)8-11(10)14(18)19/h4-5,8,15H,2-3,6-7H2,1H3. The largest absolute Gasteiger partial charge is 0.396 e. The Balaban J connectivity index is 3.17. The Bertz CT molecular complexity index is 477. The minimum Gasteiger partial charge on any atom is -0.396 e. The van der Waals surface area contributed by atoms with Gasteiger partial charge >= 0.3 is 0 Å². The summed E-state index contributed by atoms with van der Waals surface area (Å²) in [6.45, 7) is 2.77. The van der Waals surface area contributed by atoms with E-state index in [1.54, 1.807) is 4.90 Å². The molecule has 0 radical (unpaired) electrons. The van der Waals surface area contributed by atoms with Crippen LogP contribution in [0.15, 0.2) is 18.2 Å². The van der Waals surface area contributed by atoms with E-state index in [1.807, 2.05) is 6.92 Å². The highest BCUT2D eigenvalue weighted by Crippen LogP contribution is 2.31. The molecule has 104 valence electrons. The number of aliphatic hydroxyl groups is 1. The van der Waals surface area contributed by atoms with Gasteiger partial charge in [-0.15, -0.1) is 0 Å². The first kappa shape index (κ1) is 14.8. The topological polar surface area (TPSA) is 110 Å². The molecular formula is C11H15N3O5. The lowest BCUT2D eigenvalue weighted by atomic mass is 10.2. The van der Waals surface area contributed by atoms with Gasteiger partial charge in [-0.05, 0) is 19.4 Å². The maximum Gasteiger partial charge on any atom is 0.299 e. The smallest absolute Gasteiger partial charge is 0.299 e. The molecule has 0 aliphatic heterocycles. The molecule has 0 aromatic heterocycles. The third kappa shape index (κ3) is 3.62. The lowest BCUT2D eigenvalue weighted by Crippen LogP contribution is -2.25. The number of non-ortho nitro benzene ring substituents is 1. The zero-order chi connectivity index (χ0) is 14.4. The lowest BCUT2D eigenvalue weighted by Gasteiger charge is -2.22. The van der Waals surface area contributed by atoms with Gasteiger partial charge in [-0.1, -0.05) is 0 Å². The average Bonchev–Trinajstić information content (AvgIpc) is 2.39. The van der Waals surface area contributed by atoms with Crippen LogP contribution in [0, 0.1) is 20.2 Å². The second-order valence-corrected chi connectivity index (χ2v) is 3.84. The fourth-order valence-electron chi connectivity index (χ4n) is 1.75. The van der Waals surface area contributed by atoms with Gasteiger partial charge in [-0.3, -0.25) is 20.2 Å². The van der Waals surface area contributed by atoms with Gasteiger partial charge in [-0.2, -0.15) is 0 Å². The number of anilines is 1. The van der Waals surface area contributed by atoms with Gasteiger partial charge in [0.15, 0.2) is 0 Å². The highest BCUT2D eigenvalue weighted by molar-refractivity contribution is 5.66. The zero-order valence-electron chi connectivity index (χ0n) is 10.5. The Kier molecular flexibility index (Phi) is 5.19. The summed E-state index contributed by atoms with van der Waals surface area (Å²) in [4.78, 5) is 22.0. The summed E-state index contributed by atoms with van der Waals surface area (Å²) in [5, 5.41) is 30.4. The summed E-state index contributed by atoms with van der Waals surface area (Å²) in [6, 6.07) is 3.57. The van der Waals surface area contributed by atoms with Gasteiger partial charge in [0.1, 0.15) is 5.69 Å². The van der Waals surface area contributed by atoms with Crippen LogP contribution in [0.5, 0.6) is 0 Å². The van der Waals surface area contributed by atoms with Crippen molar-refractivity contribution < 1.29 is 15.0 Å². The Morgan fingerprint density at radius 1 is 1.26 bits per heavy atom. The van der Waals surface area contributed by atoms with Crippen molar-refractivity contribution >= 4 is 17.1 Å². The highest BCUT2D eigenvalue weighted by Gasteiger charge is 2.22. The van der Waals surface area contributed by atoms with Crippen molar-refractivity contribution in [2.75, 3.05) is 24.6 Å². The highest BCUT2D eigenvalue weighted by atomic mass is 16.6. The number of benzene rings is 1. The van der Waals surface area contributed by atoms with Crippen molar-refractivity contribution in [2.45, 2.75) is 13.3 Å². The van der Waals surface area contributed by atoms with E-state index in [9.17, 15) is 20.2 Å². The third-order valence-corrected chi connectivity index (χ3v) is 2.68. The van der Waals surface area contributed by atoms with E-state index >= 15 is 0 Å². The van der Waals surface area contributed by atoms with Gasteiger partial charge in [0.05, 0.1) is 15.9 Å². The van der Waals surface area contributed by atoms with Crippen LogP contribution in [0.1, 0.15) is 13.3 Å². The molecule has 0 spiro atoms. The molecule has 0 amide bonds. The van der Waals surface area contributed by atoms with E-state index in [0.717, 1.165) is 6.07 Å². The van der Waals surface area contributed by atoms with Crippen molar-refractivity contribution in [3.63, 3.8) is 0 Å². The van der Waals surface area contributed by atoms with Crippen molar-refractivity contribution in [2.24, 2.45) is 0 Å². The van der Waals surface area contributed by atoms with E-state index in [-0.39, 0.29) is 18.0 Å². The maximum absolute atomic E-state index is 11.0. The quantitative estimate of drug-likeness (QED) is 0.596. The second-order valence-electron chi connectivity index (χ2n) is 3.84. The molecule has 19 heavy (non-hydrogen) atoms. The fraction of sp³-hybridized carbons (Fsp3) is 0.455. The van der Waals surface area contributed by atoms with Crippen molar-refractivity contribution in [1.29, 1.82) is 0 Å². The van der Waals surface area contributed by atoms with Crippen LogP contribution in [0.4, 0.5) is 17.1 Å². The number of nitro groups is 2. The molecule has 8 nitrogen and oxygen atoms in total. The predicted octanol–water partition coefficient (Wildman–Crippen LogP) is 1.71. The normalized spacial score (nSPS) is 10.2. The molecule has 1 N–H and O–H groups in total. The van der Waals surface area contributed by atoms with Crippen LogP contribution in [-0.2, 0) is 0 Å². The van der Waals surface area contributed by atoms with Gasteiger partial charge in [0.25, 0.3) is 11.4 Å². The minimum atomic E-state index is -0.666. The van der Waals surface area contributed by atoms with Crippen LogP contribution >= 0.6 is 0 Å². The van der Waals surface area contributed by atoms with E-state index in [2.05, 4.69) is 0 Å². The Hall–Kier alpha value is -2.22. The summed E-state index contributed by atoms with van der Waals surface area (Å²) in [5.41, 5.74) is -0.283. The molecule has 1 rings (SSSR count). The third-order valence-electron chi connectivity index (χ3n) is 2.68. The van der Waals surface area contributed by atoms with Crippen LogP contribution < -0.4 is 4.90 Å². The molecule has 1 aromatic rings. The summed E-state index contributed by atoms with van der Waals surface area (Å²) in [7, 11) is 0. The molecule has 1 aromatic carbocycles. The van der Waals surface area contributed by atoms with Gasteiger partial charge < -0.3 is 10.0 Å². The first-order chi connectivity index (χ1) is 9.01.